The highest BCUT2D eigenvalue weighted by atomic mass is 32.2. The number of aryl methyl sites for hydroxylation is 1. The summed E-state index contributed by atoms with van der Waals surface area (Å²) in [6.45, 7) is 6.32. The van der Waals surface area contributed by atoms with Gasteiger partial charge in [-0.2, -0.15) is 0 Å². The van der Waals surface area contributed by atoms with Gasteiger partial charge in [-0.05, 0) is 18.6 Å². The zero-order chi connectivity index (χ0) is 12.2. The molecule has 0 aliphatic carbocycles. The Hall–Kier alpha value is -0.870. The molecule has 90 valence electrons. The van der Waals surface area contributed by atoms with Gasteiger partial charge in [0, 0.05) is 12.6 Å². The van der Waals surface area contributed by atoms with Gasteiger partial charge in [-0.15, -0.1) is 0 Å². The highest BCUT2D eigenvalue weighted by molar-refractivity contribution is 7.91. The second-order valence-electron chi connectivity index (χ2n) is 4.19. The number of sulfone groups is 1. The zero-order valence-electron chi connectivity index (χ0n) is 10.0. The lowest BCUT2D eigenvalue weighted by molar-refractivity contribution is 0.577. The molecule has 4 heteroatoms. The van der Waals surface area contributed by atoms with Gasteiger partial charge in [-0.25, -0.2) is 8.42 Å². The van der Waals surface area contributed by atoms with E-state index in [1.54, 1.807) is 12.1 Å². The Kier molecular flexibility index (Phi) is 4.50. The van der Waals surface area contributed by atoms with Crippen LogP contribution in [0.5, 0.6) is 0 Å². The molecule has 0 heterocycles. The largest absolute Gasteiger partial charge is 0.314 e. The van der Waals surface area contributed by atoms with Gasteiger partial charge in [0.15, 0.2) is 9.84 Å². The summed E-state index contributed by atoms with van der Waals surface area (Å²) >= 11 is 0. The summed E-state index contributed by atoms with van der Waals surface area (Å²) in [5, 5.41) is 3.11. The Morgan fingerprint density at radius 3 is 2.44 bits per heavy atom. The summed E-state index contributed by atoms with van der Waals surface area (Å²) in [6, 6.07) is 7.41. The average Bonchev–Trinajstić information content (AvgIpc) is 2.17. The Bertz CT molecular complexity index is 438. The van der Waals surface area contributed by atoms with Crippen LogP contribution in [0.1, 0.15) is 19.4 Å². The van der Waals surface area contributed by atoms with E-state index in [0.717, 1.165) is 5.56 Å². The minimum atomic E-state index is -3.15. The molecule has 0 fully saturated rings. The van der Waals surface area contributed by atoms with E-state index >= 15 is 0 Å². The van der Waals surface area contributed by atoms with Gasteiger partial charge in [0.05, 0.1) is 10.6 Å². The third-order valence-electron chi connectivity index (χ3n) is 2.35. The molecule has 0 atom stereocenters. The molecule has 0 radical (unpaired) electrons. The van der Waals surface area contributed by atoms with E-state index in [-0.39, 0.29) is 5.75 Å². The summed E-state index contributed by atoms with van der Waals surface area (Å²) in [5.41, 5.74) is 0.812. The van der Waals surface area contributed by atoms with Crippen molar-refractivity contribution >= 4 is 9.84 Å². The second kappa shape index (κ2) is 5.46. The van der Waals surface area contributed by atoms with Crippen LogP contribution in [0.25, 0.3) is 0 Å². The molecule has 1 aromatic carbocycles. The minimum Gasteiger partial charge on any atom is -0.314 e. The average molecular weight is 241 g/mol. The predicted molar refractivity (Wildman–Crippen MR) is 66.4 cm³/mol. The van der Waals surface area contributed by atoms with Crippen molar-refractivity contribution < 1.29 is 8.42 Å². The number of hydrogen-bond donors (Lipinski definition) is 1. The van der Waals surface area contributed by atoms with Crippen molar-refractivity contribution in [3.8, 4) is 0 Å². The van der Waals surface area contributed by atoms with Gasteiger partial charge in [0.25, 0.3) is 0 Å². The van der Waals surface area contributed by atoms with Crippen molar-refractivity contribution in [3.05, 3.63) is 29.8 Å². The van der Waals surface area contributed by atoms with Crippen molar-refractivity contribution in [2.45, 2.75) is 31.7 Å². The maximum atomic E-state index is 12.0. The van der Waals surface area contributed by atoms with E-state index in [1.807, 2.05) is 32.9 Å². The molecule has 16 heavy (non-hydrogen) atoms. The monoisotopic (exact) mass is 241 g/mol. The van der Waals surface area contributed by atoms with Crippen molar-refractivity contribution in [2.24, 2.45) is 0 Å². The molecule has 1 N–H and O–H groups in total. The molecule has 3 nitrogen and oxygen atoms in total. The number of hydrogen-bond acceptors (Lipinski definition) is 3. The van der Waals surface area contributed by atoms with Gasteiger partial charge in [0.1, 0.15) is 0 Å². The van der Waals surface area contributed by atoms with Gasteiger partial charge >= 0.3 is 0 Å². The summed E-state index contributed by atoms with van der Waals surface area (Å²) < 4.78 is 24.0. The first kappa shape index (κ1) is 13.2. The number of nitrogens with one attached hydrogen (secondary N) is 1. The molecular formula is C12H19NO2S. The van der Waals surface area contributed by atoms with Gasteiger partial charge in [-0.3, -0.25) is 0 Å². The molecule has 0 spiro atoms. The van der Waals surface area contributed by atoms with Crippen LogP contribution < -0.4 is 5.32 Å². The van der Waals surface area contributed by atoms with Crippen LogP contribution in [-0.2, 0) is 9.84 Å². The first-order valence-electron chi connectivity index (χ1n) is 5.45. The lowest BCUT2D eigenvalue weighted by Crippen LogP contribution is -2.28. The van der Waals surface area contributed by atoms with Crippen molar-refractivity contribution in [1.82, 2.24) is 5.32 Å². The SMILES string of the molecule is Cc1ccccc1S(=O)(=O)CCNC(C)C. The van der Waals surface area contributed by atoms with Crippen LogP contribution in [0, 0.1) is 6.92 Å². The highest BCUT2D eigenvalue weighted by Crippen LogP contribution is 2.15. The Balaban J connectivity index is 2.75. The van der Waals surface area contributed by atoms with Crippen LogP contribution in [0.4, 0.5) is 0 Å². The molecule has 1 rings (SSSR count). The maximum absolute atomic E-state index is 12.0. The lowest BCUT2D eigenvalue weighted by Gasteiger charge is -2.10. The van der Waals surface area contributed by atoms with E-state index < -0.39 is 9.84 Å². The summed E-state index contributed by atoms with van der Waals surface area (Å²) in [6.07, 6.45) is 0. The minimum absolute atomic E-state index is 0.149. The molecule has 0 aromatic heterocycles. The molecule has 0 unspecified atom stereocenters. The lowest BCUT2D eigenvalue weighted by atomic mass is 10.2. The third kappa shape index (κ3) is 3.61. The zero-order valence-corrected chi connectivity index (χ0v) is 10.8. The molecule has 0 saturated carbocycles. The van der Waals surface area contributed by atoms with Crippen LogP contribution in [-0.4, -0.2) is 26.8 Å². The normalized spacial score (nSPS) is 12.0. The topological polar surface area (TPSA) is 46.2 Å². The number of rotatable bonds is 5. The number of benzene rings is 1. The fourth-order valence-corrected chi connectivity index (χ4v) is 2.95. The molecule has 0 amide bonds. The van der Waals surface area contributed by atoms with Crippen molar-refractivity contribution in [3.63, 3.8) is 0 Å². The molecule has 0 aliphatic heterocycles. The summed E-state index contributed by atoms with van der Waals surface area (Å²) in [5.74, 6) is 0.149. The van der Waals surface area contributed by atoms with Crippen molar-refractivity contribution in [1.29, 1.82) is 0 Å². The maximum Gasteiger partial charge on any atom is 0.179 e. The summed E-state index contributed by atoms with van der Waals surface area (Å²) in [4.78, 5) is 0.445. The summed E-state index contributed by atoms with van der Waals surface area (Å²) in [7, 11) is -3.15. The molecule has 0 bridgehead atoms. The van der Waals surface area contributed by atoms with Crippen LogP contribution in [0.15, 0.2) is 29.2 Å². The first-order chi connectivity index (χ1) is 7.43. The van der Waals surface area contributed by atoms with Crippen LogP contribution >= 0.6 is 0 Å². The molecular weight excluding hydrogens is 222 g/mol. The first-order valence-corrected chi connectivity index (χ1v) is 7.10. The Morgan fingerprint density at radius 1 is 1.25 bits per heavy atom. The van der Waals surface area contributed by atoms with Crippen LogP contribution in [0.3, 0.4) is 0 Å². The highest BCUT2D eigenvalue weighted by Gasteiger charge is 2.15. The van der Waals surface area contributed by atoms with E-state index in [9.17, 15) is 8.42 Å². The Morgan fingerprint density at radius 2 is 1.88 bits per heavy atom. The van der Waals surface area contributed by atoms with E-state index in [2.05, 4.69) is 5.32 Å². The smallest absolute Gasteiger partial charge is 0.179 e. The molecule has 0 aliphatic rings. The molecule has 1 aromatic rings. The third-order valence-corrected chi connectivity index (χ3v) is 4.22. The van der Waals surface area contributed by atoms with E-state index in [4.69, 9.17) is 0 Å². The standard InChI is InChI=1S/C12H19NO2S/c1-10(2)13-8-9-16(14,15)12-7-5-4-6-11(12)3/h4-7,10,13H,8-9H2,1-3H3. The Labute approximate surface area is 97.8 Å². The van der Waals surface area contributed by atoms with Gasteiger partial charge in [0.2, 0.25) is 0 Å². The van der Waals surface area contributed by atoms with Gasteiger partial charge in [-0.1, -0.05) is 32.0 Å². The van der Waals surface area contributed by atoms with E-state index in [0.29, 0.717) is 17.5 Å². The van der Waals surface area contributed by atoms with Crippen molar-refractivity contribution in [2.75, 3.05) is 12.3 Å². The van der Waals surface area contributed by atoms with E-state index in [1.165, 1.54) is 0 Å². The van der Waals surface area contributed by atoms with Crippen LogP contribution in [0.2, 0.25) is 0 Å². The predicted octanol–water partition coefficient (Wildman–Crippen LogP) is 1.77. The fourth-order valence-electron chi connectivity index (χ4n) is 1.50. The quantitative estimate of drug-likeness (QED) is 0.854. The molecule has 0 saturated heterocycles. The fraction of sp³-hybridized carbons (Fsp3) is 0.500. The second-order valence-corrected chi connectivity index (χ2v) is 6.27. The van der Waals surface area contributed by atoms with Gasteiger partial charge < -0.3 is 5.32 Å².